The van der Waals surface area contributed by atoms with Crippen LogP contribution in [-0.2, 0) is 23.9 Å². The second kappa shape index (κ2) is 9.23. The lowest BCUT2D eigenvalue weighted by molar-refractivity contribution is -0.144. The summed E-state index contributed by atoms with van der Waals surface area (Å²) in [4.78, 5) is 34.2. The van der Waals surface area contributed by atoms with E-state index in [1.807, 2.05) is 0 Å². The highest BCUT2D eigenvalue weighted by Gasteiger charge is 2.28. The van der Waals surface area contributed by atoms with Crippen LogP contribution in [0.5, 0.6) is 0 Å². The predicted molar refractivity (Wildman–Crippen MR) is 80.8 cm³/mol. The number of rotatable bonds is 6. The van der Waals surface area contributed by atoms with E-state index in [-0.39, 0.29) is 25.2 Å². The van der Waals surface area contributed by atoms with Crippen LogP contribution in [0.25, 0.3) is 0 Å². The summed E-state index contributed by atoms with van der Waals surface area (Å²) in [5.74, 6) is -0.683. The molecule has 6 nitrogen and oxygen atoms in total. The van der Waals surface area contributed by atoms with E-state index in [1.54, 1.807) is 6.92 Å². The number of carbonyl (C=O) groups excluding carboxylic acids is 3. The van der Waals surface area contributed by atoms with Gasteiger partial charge in [0.1, 0.15) is 0 Å². The first-order chi connectivity index (χ1) is 10.4. The van der Waals surface area contributed by atoms with E-state index in [0.29, 0.717) is 11.8 Å². The number of amides is 1. The van der Waals surface area contributed by atoms with Gasteiger partial charge in [-0.05, 0) is 25.2 Å². The topological polar surface area (TPSA) is 81.7 Å². The van der Waals surface area contributed by atoms with E-state index >= 15 is 0 Å². The van der Waals surface area contributed by atoms with Crippen LogP contribution in [0.15, 0.2) is 12.2 Å². The Hall–Kier alpha value is -1.85. The fraction of sp³-hybridized carbons (Fsp3) is 0.688. The maximum Gasteiger partial charge on any atom is 0.331 e. The van der Waals surface area contributed by atoms with Gasteiger partial charge in [0.15, 0.2) is 6.61 Å². The van der Waals surface area contributed by atoms with Gasteiger partial charge < -0.3 is 14.8 Å². The lowest BCUT2D eigenvalue weighted by atomic mass is 9.78. The van der Waals surface area contributed by atoms with Crippen molar-refractivity contribution < 1.29 is 23.9 Å². The molecule has 1 aliphatic carbocycles. The minimum Gasteiger partial charge on any atom is -0.463 e. The summed E-state index contributed by atoms with van der Waals surface area (Å²) in [7, 11) is 0. The Morgan fingerprint density at radius 2 is 1.73 bits per heavy atom. The fourth-order valence-electron chi connectivity index (χ4n) is 2.55. The number of carbonyl (C=O) groups is 3. The Balaban J connectivity index is 2.30. The first kappa shape index (κ1) is 18.2. The molecule has 1 rings (SSSR count). The zero-order valence-corrected chi connectivity index (χ0v) is 13.5. The highest BCUT2D eigenvalue weighted by Crippen LogP contribution is 2.29. The van der Waals surface area contributed by atoms with Crippen LogP contribution in [0.4, 0.5) is 0 Å². The third kappa shape index (κ3) is 6.28. The Labute approximate surface area is 131 Å². The lowest BCUT2D eigenvalue weighted by Gasteiger charge is -2.34. The smallest absolute Gasteiger partial charge is 0.331 e. The van der Waals surface area contributed by atoms with E-state index in [9.17, 15) is 14.4 Å². The molecular weight excluding hydrogens is 286 g/mol. The Morgan fingerprint density at radius 1 is 1.09 bits per heavy atom. The van der Waals surface area contributed by atoms with E-state index < -0.39 is 11.9 Å². The number of ether oxygens (including phenoxy) is 2. The first-order valence-electron chi connectivity index (χ1n) is 7.75. The molecule has 124 valence electrons. The van der Waals surface area contributed by atoms with Crippen LogP contribution < -0.4 is 5.32 Å². The summed E-state index contributed by atoms with van der Waals surface area (Å²) in [5, 5.41) is 2.91. The van der Waals surface area contributed by atoms with Crippen LogP contribution in [-0.4, -0.2) is 37.1 Å². The van der Waals surface area contributed by atoms with Crippen molar-refractivity contribution in [3.05, 3.63) is 12.2 Å². The maximum atomic E-state index is 11.8. The summed E-state index contributed by atoms with van der Waals surface area (Å²) in [6, 6.07) is 0.130. The van der Waals surface area contributed by atoms with Gasteiger partial charge in [-0.1, -0.05) is 26.7 Å². The van der Waals surface area contributed by atoms with Crippen molar-refractivity contribution in [2.45, 2.75) is 46.1 Å². The van der Waals surface area contributed by atoms with Crippen molar-refractivity contribution >= 4 is 17.8 Å². The highest BCUT2D eigenvalue weighted by atomic mass is 16.5. The molecular formula is C16H25NO5. The molecule has 1 amide bonds. The Morgan fingerprint density at radius 3 is 2.36 bits per heavy atom. The third-order valence-corrected chi connectivity index (χ3v) is 4.04. The summed E-state index contributed by atoms with van der Waals surface area (Å²) in [6.45, 7) is 5.87. The molecule has 0 radical (unpaired) electrons. The minimum absolute atomic E-state index is 0.130. The molecule has 1 saturated carbocycles. The molecule has 0 spiro atoms. The van der Waals surface area contributed by atoms with Crippen LogP contribution in [0.3, 0.4) is 0 Å². The van der Waals surface area contributed by atoms with Crippen molar-refractivity contribution in [2.75, 3.05) is 13.2 Å². The van der Waals surface area contributed by atoms with E-state index in [2.05, 4.69) is 23.9 Å². The standard InChI is InChI=1S/C16H25NO5/c1-4-21-15(19)8-9-16(20)22-10-14(18)17-13-7-5-6-11(2)12(13)3/h8-9,11-13H,4-7,10H2,1-3H3,(H,17,18)/b9-8+/t11-,12+,13-/m1/s1. The summed E-state index contributed by atoms with van der Waals surface area (Å²) in [5.41, 5.74) is 0. The predicted octanol–water partition coefficient (Wildman–Crippen LogP) is 1.59. The van der Waals surface area contributed by atoms with Gasteiger partial charge in [-0.3, -0.25) is 4.79 Å². The largest absolute Gasteiger partial charge is 0.463 e. The van der Waals surface area contributed by atoms with E-state index in [1.165, 1.54) is 6.42 Å². The second-order valence-corrected chi connectivity index (χ2v) is 5.63. The number of hydrogen-bond donors (Lipinski definition) is 1. The highest BCUT2D eigenvalue weighted by molar-refractivity contribution is 5.92. The van der Waals surface area contributed by atoms with Gasteiger partial charge >= 0.3 is 11.9 Å². The number of hydrogen-bond acceptors (Lipinski definition) is 5. The van der Waals surface area contributed by atoms with Crippen LogP contribution in [0.1, 0.15) is 40.0 Å². The molecule has 1 aliphatic rings. The monoisotopic (exact) mass is 311 g/mol. The van der Waals surface area contributed by atoms with Crippen molar-refractivity contribution in [3.8, 4) is 0 Å². The van der Waals surface area contributed by atoms with Crippen LogP contribution in [0, 0.1) is 11.8 Å². The van der Waals surface area contributed by atoms with E-state index in [0.717, 1.165) is 25.0 Å². The summed E-state index contributed by atoms with van der Waals surface area (Å²) < 4.78 is 9.42. The zero-order valence-electron chi connectivity index (χ0n) is 13.5. The third-order valence-electron chi connectivity index (χ3n) is 4.04. The summed E-state index contributed by atoms with van der Waals surface area (Å²) in [6.07, 6.45) is 5.17. The van der Waals surface area contributed by atoms with Gasteiger partial charge in [0, 0.05) is 18.2 Å². The van der Waals surface area contributed by atoms with Crippen molar-refractivity contribution in [3.63, 3.8) is 0 Å². The van der Waals surface area contributed by atoms with Gasteiger partial charge in [-0.15, -0.1) is 0 Å². The minimum atomic E-state index is -0.742. The molecule has 0 aromatic heterocycles. The van der Waals surface area contributed by atoms with Gasteiger partial charge in [0.05, 0.1) is 6.61 Å². The van der Waals surface area contributed by atoms with Crippen molar-refractivity contribution in [2.24, 2.45) is 11.8 Å². The van der Waals surface area contributed by atoms with Crippen molar-refractivity contribution in [1.29, 1.82) is 0 Å². The van der Waals surface area contributed by atoms with E-state index in [4.69, 9.17) is 4.74 Å². The van der Waals surface area contributed by atoms with Crippen molar-refractivity contribution in [1.82, 2.24) is 5.32 Å². The first-order valence-corrected chi connectivity index (χ1v) is 7.75. The molecule has 22 heavy (non-hydrogen) atoms. The average molecular weight is 311 g/mol. The molecule has 6 heteroatoms. The molecule has 0 heterocycles. The molecule has 0 aromatic rings. The summed E-state index contributed by atoms with van der Waals surface area (Å²) >= 11 is 0. The molecule has 0 saturated heterocycles. The normalized spacial score (nSPS) is 24.8. The average Bonchev–Trinajstić information content (AvgIpc) is 2.48. The fourth-order valence-corrected chi connectivity index (χ4v) is 2.55. The zero-order chi connectivity index (χ0) is 16.5. The Kier molecular flexibility index (Phi) is 7.63. The molecule has 3 atom stereocenters. The lowest BCUT2D eigenvalue weighted by Crippen LogP contribution is -2.45. The second-order valence-electron chi connectivity index (χ2n) is 5.63. The molecule has 1 N–H and O–H groups in total. The van der Waals surface area contributed by atoms with Gasteiger partial charge in [-0.25, -0.2) is 9.59 Å². The van der Waals surface area contributed by atoms with Crippen LogP contribution in [0.2, 0.25) is 0 Å². The molecule has 0 unspecified atom stereocenters. The molecule has 0 aliphatic heterocycles. The maximum absolute atomic E-state index is 11.8. The molecule has 0 bridgehead atoms. The Bertz CT molecular complexity index is 432. The van der Waals surface area contributed by atoms with Gasteiger partial charge in [0.25, 0.3) is 5.91 Å². The SMILES string of the molecule is CCOC(=O)/C=C/C(=O)OCC(=O)N[C@@H]1CCC[C@@H](C)[C@@H]1C. The quantitative estimate of drug-likeness (QED) is 0.595. The number of nitrogens with one attached hydrogen (secondary N) is 1. The molecule has 1 fully saturated rings. The van der Waals surface area contributed by atoms with Gasteiger partial charge in [0.2, 0.25) is 0 Å². The molecule has 0 aromatic carbocycles. The van der Waals surface area contributed by atoms with Gasteiger partial charge in [-0.2, -0.15) is 0 Å². The van der Waals surface area contributed by atoms with Crippen LogP contribution >= 0.6 is 0 Å². The number of esters is 2.